The van der Waals surface area contributed by atoms with Crippen LogP contribution in [0, 0.1) is 0 Å². The SMILES string of the molecule is CCOC(=O)C1(Nc2ccccc2Br)CCCCC1. The molecule has 0 heterocycles. The zero-order valence-electron chi connectivity index (χ0n) is 11.2. The molecule has 0 amide bonds. The first kappa shape index (κ1) is 14.4. The molecular formula is C15H20BrNO2. The lowest BCUT2D eigenvalue weighted by molar-refractivity contribution is -0.149. The van der Waals surface area contributed by atoms with E-state index in [1.54, 1.807) is 0 Å². The predicted octanol–water partition coefficient (Wildman–Crippen LogP) is 4.13. The number of hydrogen-bond acceptors (Lipinski definition) is 3. The molecule has 1 aliphatic carbocycles. The van der Waals surface area contributed by atoms with Gasteiger partial charge >= 0.3 is 5.97 Å². The third-order valence-electron chi connectivity index (χ3n) is 3.62. The summed E-state index contributed by atoms with van der Waals surface area (Å²) < 4.78 is 6.26. The average molecular weight is 326 g/mol. The zero-order chi connectivity index (χ0) is 13.7. The normalized spacial score (nSPS) is 17.8. The third kappa shape index (κ3) is 3.30. The summed E-state index contributed by atoms with van der Waals surface area (Å²) in [4.78, 5) is 12.3. The Morgan fingerprint density at radius 2 is 2.00 bits per heavy atom. The Hall–Kier alpha value is -1.03. The Kier molecular flexibility index (Phi) is 4.86. The van der Waals surface area contributed by atoms with E-state index in [1.165, 1.54) is 6.42 Å². The number of benzene rings is 1. The van der Waals surface area contributed by atoms with Crippen molar-refractivity contribution >= 4 is 27.6 Å². The van der Waals surface area contributed by atoms with Gasteiger partial charge in [0.15, 0.2) is 0 Å². The molecule has 0 spiro atoms. The van der Waals surface area contributed by atoms with E-state index in [4.69, 9.17) is 4.74 Å². The number of nitrogens with one attached hydrogen (secondary N) is 1. The van der Waals surface area contributed by atoms with Crippen molar-refractivity contribution in [3.8, 4) is 0 Å². The highest BCUT2D eigenvalue weighted by Gasteiger charge is 2.41. The van der Waals surface area contributed by atoms with Crippen molar-refractivity contribution in [3.63, 3.8) is 0 Å². The molecule has 104 valence electrons. The molecule has 0 aromatic heterocycles. The Labute approximate surface area is 122 Å². The smallest absolute Gasteiger partial charge is 0.331 e. The van der Waals surface area contributed by atoms with E-state index in [0.29, 0.717) is 6.61 Å². The second-order valence-electron chi connectivity index (χ2n) is 4.97. The minimum absolute atomic E-state index is 0.120. The molecule has 19 heavy (non-hydrogen) atoms. The number of carbonyl (C=O) groups excluding carboxylic acids is 1. The third-order valence-corrected chi connectivity index (χ3v) is 4.31. The van der Waals surface area contributed by atoms with Crippen LogP contribution < -0.4 is 5.32 Å². The van der Waals surface area contributed by atoms with Crippen LogP contribution in [0.25, 0.3) is 0 Å². The Morgan fingerprint density at radius 3 is 2.63 bits per heavy atom. The summed E-state index contributed by atoms with van der Waals surface area (Å²) >= 11 is 3.52. The first-order valence-corrected chi connectivity index (χ1v) is 7.67. The summed E-state index contributed by atoms with van der Waals surface area (Å²) in [6.07, 6.45) is 5.01. The molecule has 0 aliphatic heterocycles. The van der Waals surface area contributed by atoms with Crippen molar-refractivity contribution in [1.82, 2.24) is 0 Å². The molecule has 0 bridgehead atoms. The maximum absolute atomic E-state index is 12.3. The van der Waals surface area contributed by atoms with Crippen LogP contribution in [-0.4, -0.2) is 18.1 Å². The number of halogens is 1. The van der Waals surface area contributed by atoms with Crippen LogP contribution in [0.3, 0.4) is 0 Å². The van der Waals surface area contributed by atoms with Gasteiger partial charge in [-0.05, 0) is 47.8 Å². The number of para-hydroxylation sites is 1. The van der Waals surface area contributed by atoms with Gasteiger partial charge in [0.2, 0.25) is 0 Å². The second-order valence-corrected chi connectivity index (χ2v) is 5.82. The molecule has 1 aliphatic rings. The molecule has 1 aromatic rings. The van der Waals surface area contributed by atoms with Crippen molar-refractivity contribution in [1.29, 1.82) is 0 Å². The van der Waals surface area contributed by atoms with Crippen LogP contribution in [-0.2, 0) is 9.53 Å². The molecule has 2 rings (SSSR count). The van der Waals surface area contributed by atoms with E-state index in [-0.39, 0.29) is 5.97 Å². The van der Waals surface area contributed by atoms with Gasteiger partial charge in [-0.15, -0.1) is 0 Å². The monoisotopic (exact) mass is 325 g/mol. The van der Waals surface area contributed by atoms with Gasteiger partial charge in [0, 0.05) is 10.2 Å². The molecule has 0 atom stereocenters. The minimum Gasteiger partial charge on any atom is -0.464 e. The summed E-state index contributed by atoms with van der Waals surface area (Å²) in [7, 11) is 0. The number of hydrogen-bond donors (Lipinski definition) is 1. The van der Waals surface area contributed by atoms with Crippen LogP contribution in [0.2, 0.25) is 0 Å². The summed E-state index contributed by atoms with van der Waals surface area (Å²) in [6, 6.07) is 7.89. The predicted molar refractivity (Wildman–Crippen MR) is 80.2 cm³/mol. The number of ether oxygens (including phenoxy) is 1. The van der Waals surface area contributed by atoms with Gasteiger partial charge in [-0.25, -0.2) is 4.79 Å². The highest BCUT2D eigenvalue weighted by atomic mass is 79.9. The van der Waals surface area contributed by atoms with Gasteiger partial charge < -0.3 is 10.1 Å². The molecule has 0 saturated heterocycles. The van der Waals surface area contributed by atoms with Crippen LogP contribution in [0.1, 0.15) is 39.0 Å². The maximum Gasteiger partial charge on any atom is 0.331 e. The van der Waals surface area contributed by atoms with E-state index < -0.39 is 5.54 Å². The molecular weight excluding hydrogens is 306 g/mol. The summed E-state index contributed by atoms with van der Waals surface area (Å²) in [5.41, 5.74) is 0.399. The second kappa shape index (κ2) is 6.42. The first-order chi connectivity index (χ1) is 9.18. The first-order valence-electron chi connectivity index (χ1n) is 6.88. The highest BCUT2D eigenvalue weighted by molar-refractivity contribution is 9.10. The van der Waals surface area contributed by atoms with Crippen molar-refractivity contribution in [3.05, 3.63) is 28.7 Å². The molecule has 1 saturated carbocycles. The highest BCUT2D eigenvalue weighted by Crippen LogP contribution is 2.35. The Morgan fingerprint density at radius 1 is 1.32 bits per heavy atom. The lowest BCUT2D eigenvalue weighted by atomic mass is 9.81. The fourth-order valence-corrected chi connectivity index (χ4v) is 3.01. The molecule has 1 N–H and O–H groups in total. The standard InChI is InChI=1S/C15H20BrNO2/c1-2-19-14(18)15(10-6-3-7-11-15)17-13-9-5-4-8-12(13)16/h4-5,8-9,17H,2-3,6-7,10-11H2,1H3. The quantitative estimate of drug-likeness (QED) is 0.846. The van der Waals surface area contributed by atoms with Gasteiger partial charge in [-0.2, -0.15) is 0 Å². The zero-order valence-corrected chi connectivity index (χ0v) is 12.8. The number of anilines is 1. The van der Waals surface area contributed by atoms with Crippen molar-refractivity contribution < 1.29 is 9.53 Å². The van der Waals surface area contributed by atoms with E-state index in [1.807, 2.05) is 31.2 Å². The van der Waals surface area contributed by atoms with Crippen LogP contribution in [0.4, 0.5) is 5.69 Å². The van der Waals surface area contributed by atoms with Gasteiger partial charge in [-0.1, -0.05) is 31.4 Å². The van der Waals surface area contributed by atoms with Gasteiger partial charge in [0.25, 0.3) is 0 Å². The fourth-order valence-electron chi connectivity index (χ4n) is 2.63. The molecule has 1 fully saturated rings. The van der Waals surface area contributed by atoms with Crippen molar-refractivity contribution in [2.24, 2.45) is 0 Å². The Bertz CT molecular complexity index is 442. The average Bonchev–Trinajstić information content (AvgIpc) is 2.43. The van der Waals surface area contributed by atoms with E-state index in [0.717, 1.165) is 35.8 Å². The molecule has 0 unspecified atom stereocenters. The summed E-state index contributed by atoms with van der Waals surface area (Å²) in [6.45, 7) is 2.28. The van der Waals surface area contributed by atoms with E-state index in [2.05, 4.69) is 21.2 Å². The van der Waals surface area contributed by atoms with Gasteiger partial charge in [0.1, 0.15) is 5.54 Å². The fraction of sp³-hybridized carbons (Fsp3) is 0.533. The number of carbonyl (C=O) groups is 1. The molecule has 0 radical (unpaired) electrons. The number of rotatable bonds is 4. The van der Waals surface area contributed by atoms with Crippen molar-refractivity contribution in [2.45, 2.75) is 44.6 Å². The van der Waals surface area contributed by atoms with Gasteiger partial charge in [-0.3, -0.25) is 0 Å². The Balaban J connectivity index is 2.23. The van der Waals surface area contributed by atoms with Crippen LogP contribution in [0.5, 0.6) is 0 Å². The summed E-state index contributed by atoms with van der Waals surface area (Å²) in [5, 5.41) is 3.43. The van der Waals surface area contributed by atoms with Crippen molar-refractivity contribution in [2.75, 3.05) is 11.9 Å². The lowest BCUT2D eigenvalue weighted by Crippen LogP contribution is -2.49. The van der Waals surface area contributed by atoms with Crippen LogP contribution in [0.15, 0.2) is 28.7 Å². The topological polar surface area (TPSA) is 38.3 Å². The van der Waals surface area contributed by atoms with Crippen LogP contribution >= 0.6 is 15.9 Å². The summed E-state index contributed by atoms with van der Waals surface area (Å²) in [5.74, 6) is -0.120. The lowest BCUT2D eigenvalue weighted by Gasteiger charge is -2.36. The van der Waals surface area contributed by atoms with Gasteiger partial charge in [0.05, 0.1) is 6.61 Å². The molecule has 3 nitrogen and oxygen atoms in total. The number of esters is 1. The molecule has 4 heteroatoms. The van der Waals surface area contributed by atoms with E-state index in [9.17, 15) is 4.79 Å². The molecule has 1 aromatic carbocycles. The van der Waals surface area contributed by atoms with E-state index >= 15 is 0 Å². The minimum atomic E-state index is -0.557. The largest absolute Gasteiger partial charge is 0.464 e. The maximum atomic E-state index is 12.3.